The number of amides is 1. The van der Waals surface area contributed by atoms with Gasteiger partial charge in [0, 0.05) is 45.5 Å². The topological polar surface area (TPSA) is 61.8 Å². The van der Waals surface area contributed by atoms with Gasteiger partial charge in [-0.25, -0.2) is 0 Å². The summed E-state index contributed by atoms with van der Waals surface area (Å²) in [4.78, 5) is 19.0. The first-order chi connectivity index (χ1) is 13.6. The van der Waals surface area contributed by atoms with Gasteiger partial charge in [-0.05, 0) is 42.8 Å². The van der Waals surface area contributed by atoms with Crippen LogP contribution in [0.15, 0.2) is 36.4 Å². The Hall–Kier alpha value is -2.83. The molecule has 2 heterocycles. The Balaban J connectivity index is 1.55. The molecule has 0 bridgehead atoms. The first kappa shape index (κ1) is 19.9. The third-order valence-corrected chi connectivity index (χ3v) is 5.11. The highest BCUT2D eigenvalue weighted by Crippen LogP contribution is 2.21. The van der Waals surface area contributed by atoms with Gasteiger partial charge in [-0.1, -0.05) is 13.3 Å². The molecule has 2 aromatic rings. The van der Waals surface area contributed by atoms with Gasteiger partial charge in [-0.2, -0.15) is 0 Å². The Kier molecular flexibility index (Phi) is 6.68. The number of carbonyl (C=O) groups excluding carboxylic acids is 1. The molecule has 1 fully saturated rings. The quantitative estimate of drug-likeness (QED) is 0.733. The Morgan fingerprint density at radius 2 is 1.79 bits per heavy atom. The van der Waals surface area contributed by atoms with Gasteiger partial charge in [-0.15, -0.1) is 10.2 Å². The normalized spacial score (nSPS) is 14.1. The highest BCUT2D eigenvalue weighted by molar-refractivity contribution is 5.92. The van der Waals surface area contributed by atoms with Crippen molar-refractivity contribution in [3.8, 4) is 5.75 Å². The van der Waals surface area contributed by atoms with Crippen molar-refractivity contribution in [1.82, 2.24) is 15.1 Å². The van der Waals surface area contributed by atoms with E-state index in [1.54, 1.807) is 13.2 Å². The SMILES string of the molecule is CCCCN(C)c1ccc(C(=O)N2CCN(c3ccc(OC)cc3)CC2)nn1. The molecule has 1 aliphatic rings. The number of methoxy groups -OCH3 is 1. The van der Waals surface area contributed by atoms with E-state index in [-0.39, 0.29) is 5.91 Å². The van der Waals surface area contributed by atoms with Gasteiger partial charge in [0.25, 0.3) is 5.91 Å². The maximum Gasteiger partial charge on any atom is 0.274 e. The molecule has 0 N–H and O–H groups in total. The number of piperazine rings is 1. The molecule has 150 valence electrons. The summed E-state index contributed by atoms with van der Waals surface area (Å²) in [7, 11) is 3.66. The fourth-order valence-electron chi connectivity index (χ4n) is 3.28. The summed E-state index contributed by atoms with van der Waals surface area (Å²) in [6, 6.07) is 11.7. The number of aromatic nitrogens is 2. The van der Waals surface area contributed by atoms with E-state index in [1.807, 2.05) is 30.1 Å². The van der Waals surface area contributed by atoms with Crippen LogP contribution < -0.4 is 14.5 Å². The van der Waals surface area contributed by atoms with Crippen LogP contribution in [-0.4, -0.2) is 67.9 Å². The number of hydrogen-bond acceptors (Lipinski definition) is 6. The molecule has 28 heavy (non-hydrogen) atoms. The Morgan fingerprint density at radius 3 is 2.36 bits per heavy atom. The predicted molar refractivity (Wildman–Crippen MR) is 111 cm³/mol. The molecule has 0 aliphatic carbocycles. The fraction of sp³-hybridized carbons (Fsp3) is 0.476. The van der Waals surface area contributed by atoms with Crippen LogP contribution in [0, 0.1) is 0 Å². The smallest absolute Gasteiger partial charge is 0.274 e. The van der Waals surface area contributed by atoms with Crippen molar-refractivity contribution < 1.29 is 9.53 Å². The summed E-state index contributed by atoms with van der Waals surface area (Å²) in [5.41, 5.74) is 1.55. The van der Waals surface area contributed by atoms with Gasteiger partial charge in [0.1, 0.15) is 5.75 Å². The van der Waals surface area contributed by atoms with Crippen LogP contribution in [0.5, 0.6) is 5.75 Å². The maximum atomic E-state index is 12.8. The van der Waals surface area contributed by atoms with Crippen LogP contribution >= 0.6 is 0 Å². The minimum Gasteiger partial charge on any atom is -0.497 e. The second kappa shape index (κ2) is 9.39. The molecule has 7 nitrogen and oxygen atoms in total. The molecule has 0 spiro atoms. The summed E-state index contributed by atoms with van der Waals surface area (Å²) >= 11 is 0. The van der Waals surface area contributed by atoms with Crippen molar-refractivity contribution in [2.45, 2.75) is 19.8 Å². The molecule has 0 atom stereocenters. The third-order valence-electron chi connectivity index (χ3n) is 5.11. The number of nitrogens with zero attached hydrogens (tertiary/aromatic N) is 5. The van der Waals surface area contributed by atoms with Crippen LogP contribution in [0.1, 0.15) is 30.3 Å². The lowest BCUT2D eigenvalue weighted by molar-refractivity contribution is 0.0739. The molecular weight excluding hydrogens is 354 g/mol. The predicted octanol–water partition coefficient (Wildman–Crippen LogP) is 2.68. The molecule has 0 saturated carbocycles. The lowest BCUT2D eigenvalue weighted by Crippen LogP contribution is -2.49. The summed E-state index contributed by atoms with van der Waals surface area (Å²) < 4.78 is 5.21. The van der Waals surface area contributed by atoms with Crippen LogP contribution in [0.2, 0.25) is 0 Å². The molecular formula is C21H29N5O2. The molecule has 1 aromatic carbocycles. The van der Waals surface area contributed by atoms with E-state index in [4.69, 9.17) is 4.74 Å². The zero-order chi connectivity index (χ0) is 19.9. The number of anilines is 2. The van der Waals surface area contributed by atoms with Crippen molar-refractivity contribution in [3.05, 3.63) is 42.1 Å². The van der Waals surface area contributed by atoms with Crippen LogP contribution in [0.4, 0.5) is 11.5 Å². The number of unbranched alkanes of at least 4 members (excludes halogenated alkanes) is 1. The third kappa shape index (κ3) is 4.71. The van der Waals surface area contributed by atoms with E-state index in [9.17, 15) is 4.79 Å². The monoisotopic (exact) mass is 383 g/mol. The highest BCUT2D eigenvalue weighted by atomic mass is 16.5. The van der Waals surface area contributed by atoms with Gasteiger partial charge in [0.2, 0.25) is 0 Å². The Labute approximate surface area is 166 Å². The number of hydrogen-bond donors (Lipinski definition) is 0. The molecule has 1 amide bonds. The van der Waals surface area contributed by atoms with Gasteiger partial charge >= 0.3 is 0 Å². The van der Waals surface area contributed by atoms with Crippen molar-refractivity contribution in [2.75, 3.05) is 56.7 Å². The highest BCUT2D eigenvalue weighted by Gasteiger charge is 2.23. The van der Waals surface area contributed by atoms with Gasteiger partial charge < -0.3 is 19.4 Å². The summed E-state index contributed by atoms with van der Waals surface area (Å²) in [5.74, 6) is 1.60. The fourth-order valence-corrected chi connectivity index (χ4v) is 3.28. The van der Waals surface area contributed by atoms with Crippen LogP contribution in [0.3, 0.4) is 0 Å². The van der Waals surface area contributed by atoms with Crippen LogP contribution in [-0.2, 0) is 0 Å². The minimum absolute atomic E-state index is 0.0513. The second-order valence-electron chi connectivity index (χ2n) is 7.03. The van der Waals surface area contributed by atoms with Crippen LogP contribution in [0.25, 0.3) is 0 Å². The molecule has 0 unspecified atom stereocenters. The molecule has 1 saturated heterocycles. The average molecular weight is 383 g/mol. The number of rotatable bonds is 7. The molecule has 3 rings (SSSR count). The van der Waals surface area contributed by atoms with Crippen molar-refractivity contribution in [3.63, 3.8) is 0 Å². The Bertz CT molecular complexity index is 755. The number of ether oxygens (including phenoxy) is 1. The zero-order valence-corrected chi connectivity index (χ0v) is 17.0. The second-order valence-corrected chi connectivity index (χ2v) is 7.03. The van der Waals surface area contributed by atoms with Crippen molar-refractivity contribution >= 4 is 17.4 Å². The first-order valence-electron chi connectivity index (χ1n) is 9.85. The maximum absolute atomic E-state index is 12.8. The van der Waals surface area contributed by atoms with E-state index < -0.39 is 0 Å². The number of benzene rings is 1. The van der Waals surface area contributed by atoms with Crippen molar-refractivity contribution in [2.24, 2.45) is 0 Å². The van der Waals surface area contributed by atoms with E-state index in [2.05, 4.69) is 39.1 Å². The lowest BCUT2D eigenvalue weighted by atomic mass is 10.2. The molecule has 0 radical (unpaired) electrons. The minimum atomic E-state index is -0.0513. The number of carbonyl (C=O) groups is 1. The lowest BCUT2D eigenvalue weighted by Gasteiger charge is -2.36. The van der Waals surface area contributed by atoms with Crippen molar-refractivity contribution in [1.29, 1.82) is 0 Å². The summed E-state index contributed by atoms with van der Waals surface area (Å²) in [6.45, 7) is 6.03. The van der Waals surface area contributed by atoms with E-state index in [0.717, 1.165) is 49.7 Å². The van der Waals surface area contributed by atoms with E-state index in [0.29, 0.717) is 18.8 Å². The molecule has 7 heteroatoms. The molecule has 1 aromatic heterocycles. The zero-order valence-electron chi connectivity index (χ0n) is 17.0. The average Bonchev–Trinajstić information content (AvgIpc) is 2.77. The van der Waals surface area contributed by atoms with Gasteiger partial charge in [0.05, 0.1) is 7.11 Å². The summed E-state index contributed by atoms with van der Waals surface area (Å²) in [6.07, 6.45) is 2.24. The van der Waals surface area contributed by atoms with E-state index in [1.165, 1.54) is 0 Å². The van der Waals surface area contributed by atoms with Gasteiger partial charge in [-0.3, -0.25) is 4.79 Å². The Morgan fingerprint density at radius 1 is 1.07 bits per heavy atom. The summed E-state index contributed by atoms with van der Waals surface area (Å²) in [5, 5.41) is 8.40. The van der Waals surface area contributed by atoms with Gasteiger partial charge in [0.15, 0.2) is 11.5 Å². The standard InChI is InChI=1S/C21H29N5O2/c1-4-5-12-24(2)20-11-10-19(22-23-20)21(27)26-15-13-25(14-16-26)17-6-8-18(28-3)9-7-17/h6-11H,4-5,12-16H2,1-3H3. The molecule has 1 aliphatic heterocycles. The van der Waals surface area contributed by atoms with E-state index >= 15 is 0 Å². The first-order valence-corrected chi connectivity index (χ1v) is 9.85. The largest absolute Gasteiger partial charge is 0.497 e.